The summed E-state index contributed by atoms with van der Waals surface area (Å²) in [4.78, 5) is 2.51. The third-order valence-corrected chi connectivity index (χ3v) is 17.4. The van der Waals surface area contributed by atoms with Crippen LogP contribution >= 0.6 is 0 Å². The lowest BCUT2D eigenvalue weighted by Crippen LogP contribution is -2.18. The average molecular weight is 928 g/mol. The maximum Gasteiger partial charge on any atom is 0.143 e. The van der Waals surface area contributed by atoms with E-state index < -0.39 is 0 Å². The van der Waals surface area contributed by atoms with Crippen molar-refractivity contribution in [2.24, 2.45) is 0 Å². The number of benzene rings is 10. The fourth-order valence-corrected chi connectivity index (χ4v) is 13.7. The van der Waals surface area contributed by atoms with E-state index in [0.717, 1.165) is 50.2 Å². The molecule has 15 rings (SSSR count). The first-order chi connectivity index (χ1) is 34.8. The highest BCUT2D eigenvalue weighted by atomic mass is 16.3. The van der Waals surface area contributed by atoms with Gasteiger partial charge in [-0.3, -0.25) is 0 Å². The van der Waals surface area contributed by atoms with Gasteiger partial charge in [0.15, 0.2) is 0 Å². The number of rotatable bonds is 4. The minimum atomic E-state index is -0.310. The van der Waals surface area contributed by atoms with E-state index >= 15 is 0 Å². The highest BCUT2D eigenvalue weighted by Gasteiger charge is 2.44. The second-order valence-corrected chi connectivity index (χ2v) is 22.6. The summed E-state index contributed by atoms with van der Waals surface area (Å²) in [5.74, 6) is 0. The second-order valence-electron chi connectivity index (χ2n) is 22.6. The van der Waals surface area contributed by atoms with Gasteiger partial charge in [0.1, 0.15) is 22.3 Å². The lowest BCUT2D eigenvalue weighted by atomic mass is 9.79. The van der Waals surface area contributed by atoms with Crippen molar-refractivity contribution >= 4 is 71.7 Å². The summed E-state index contributed by atoms with van der Waals surface area (Å²) in [6, 6.07) is 65.9. The monoisotopic (exact) mass is 927 g/mol. The minimum absolute atomic E-state index is 0.172. The molecule has 0 bridgehead atoms. The number of para-hydroxylation sites is 2. The van der Waals surface area contributed by atoms with Crippen molar-refractivity contribution in [2.45, 2.75) is 71.6 Å². The number of aryl methyl sites for hydroxylation is 2. The number of hydrogen-bond acceptors (Lipinski definition) is 3. The van der Waals surface area contributed by atoms with Crippen LogP contribution < -0.4 is 4.90 Å². The predicted octanol–water partition coefficient (Wildman–Crippen LogP) is 19.3. The number of anilines is 3. The van der Waals surface area contributed by atoms with Crippen LogP contribution in [0.4, 0.5) is 17.1 Å². The van der Waals surface area contributed by atoms with Gasteiger partial charge in [-0.15, -0.1) is 0 Å². The molecule has 0 saturated heterocycles. The smallest absolute Gasteiger partial charge is 0.143 e. The Hall–Kier alpha value is -8.14. The third kappa shape index (κ3) is 5.41. The van der Waals surface area contributed by atoms with Gasteiger partial charge in [-0.1, -0.05) is 150 Å². The molecule has 0 saturated carbocycles. The highest BCUT2D eigenvalue weighted by molar-refractivity contribution is 6.19. The third-order valence-electron chi connectivity index (χ3n) is 17.4. The Bertz CT molecular complexity index is 4400. The molecule has 0 unspecified atom stereocenters. The van der Waals surface area contributed by atoms with Crippen LogP contribution in [0.25, 0.3) is 99.2 Å². The van der Waals surface area contributed by atoms with Crippen LogP contribution in [0.2, 0.25) is 0 Å². The van der Waals surface area contributed by atoms with Crippen LogP contribution in [-0.4, -0.2) is 0 Å². The van der Waals surface area contributed by atoms with Gasteiger partial charge in [0.05, 0.1) is 0 Å². The summed E-state index contributed by atoms with van der Waals surface area (Å²) < 4.78 is 13.4. The quantitative estimate of drug-likeness (QED) is 0.176. The van der Waals surface area contributed by atoms with Crippen LogP contribution in [-0.2, 0) is 16.2 Å². The van der Waals surface area contributed by atoms with E-state index in [-0.39, 0.29) is 16.2 Å². The van der Waals surface area contributed by atoms with E-state index in [4.69, 9.17) is 8.83 Å². The average Bonchev–Trinajstić information content (AvgIpc) is 4.13. The van der Waals surface area contributed by atoms with E-state index in [0.29, 0.717) is 0 Å². The van der Waals surface area contributed by atoms with Crippen molar-refractivity contribution in [3.63, 3.8) is 0 Å². The Balaban J connectivity index is 0.896. The molecular weight excluding hydrogens is 875 g/mol. The molecule has 0 spiro atoms. The number of nitrogens with zero attached hydrogens (tertiary/aromatic N) is 1. The Kier molecular flexibility index (Phi) is 8.12. The molecule has 10 aromatic carbocycles. The molecule has 12 aromatic rings. The van der Waals surface area contributed by atoms with Gasteiger partial charge >= 0.3 is 0 Å². The van der Waals surface area contributed by atoms with Gasteiger partial charge in [0.2, 0.25) is 0 Å². The van der Waals surface area contributed by atoms with E-state index in [1.165, 1.54) is 111 Å². The molecule has 0 radical (unpaired) electrons. The van der Waals surface area contributed by atoms with Crippen LogP contribution in [0.1, 0.15) is 86.1 Å². The molecule has 3 heteroatoms. The molecule has 0 fully saturated rings. The molecule has 0 aliphatic heterocycles. The SMILES string of the molecule is Cc1ccc(N(c2ccc3c(c2)C(C)(C)c2cc4c(cc2-3)C(C)(C)c2ccc3oc5ccccc5c3c2-4)c2ccc3c(c2)C(C)(C)c2cc(-c4ccc5ccccc5c4)c4oc5ccccc5c4c2-3)c(C)c1. The van der Waals surface area contributed by atoms with Crippen molar-refractivity contribution in [1.29, 1.82) is 0 Å². The Morgan fingerprint density at radius 3 is 1.72 bits per heavy atom. The summed E-state index contributed by atoms with van der Waals surface area (Å²) in [5.41, 5.74) is 27.2. The van der Waals surface area contributed by atoms with E-state index in [2.05, 4.69) is 236 Å². The molecule has 3 nitrogen and oxygen atoms in total. The first-order valence-electron chi connectivity index (χ1n) is 25.6. The maximum atomic E-state index is 6.90. The van der Waals surface area contributed by atoms with Crippen molar-refractivity contribution < 1.29 is 8.83 Å². The molecule has 3 aliphatic carbocycles. The first-order valence-corrected chi connectivity index (χ1v) is 25.6. The van der Waals surface area contributed by atoms with E-state index in [1.807, 2.05) is 0 Å². The van der Waals surface area contributed by atoms with Crippen molar-refractivity contribution in [3.8, 4) is 44.5 Å². The lowest BCUT2D eigenvalue weighted by Gasteiger charge is -2.31. The molecule has 3 aliphatic rings. The fourth-order valence-electron chi connectivity index (χ4n) is 13.7. The molecular formula is C69H53NO2. The zero-order valence-electron chi connectivity index (χ0n) is 42.0. The largest absolute Gasteiger partial charge is 0.456 e. The Morgan fingerprint density at radius 1 is 0.375 bits per heavy atom. The Labute approximate surface area is 420 Å². The summed E-state index contributed by atoms with van der Waals surface area (Å²) >= 11 is 0. The lowest BCUT2D eigenvalue weighted by molar-refractivity contribution is 0.651. The van der Waals surface area contributed by atoms with Gasteiger partial charge in [-0.05, 0) is 175 Å². The molecule has 346 valence electrons. The van der Waals surface area contributed by atoms with Gasteiger partial charge in [-0.2, -0.15) is 0 Å². The van der Waals surface area contributed by atoms with Crippen LogP contribution in [0.15, 0.2) is 185 Å². The van der Waals surface area contributed by atoms with Gasteiger partial charge in [0, 0.05) is 60.4 Å². The van der Waals surface area contributed by atoms with Gasteiger partial charge in [0.25, 0.3) is 0 Å². The number of furan rings is 2. The zero-order valence-corrected chi connectivity index (χ0v) is 42.0. The summed E-state index contributed by atoms with van der Waals surface area (Å²) in [5, 5.41) is 7.21. The van der Waals surface area contributed by atoms with Crippen LogP contribution in [0.5, 0.6) is 0 Å². The summed E-state index contributed by atoms with van der Waals surface area (Å²) in [6.45, 7) is 18.9. The Morgan fingerprint density at radius 2 is 0.958 bits per heavy atom. The van der Waals surface area contributed by atoms with Crippen molar-refractivity contribution in [1.82, 2.24) is 0 Å². The normalized spacial score (nSPS) is 15.3. The molecule has 0 amide bonds. The number of fused-ring (bicyclic) bond motifs is 18. The van der Waals surface area contributed by atoms with Crippen molar-refractivity contribution in [2.75, 3.05) is 4.90 Å². The predicted molar refractivity (Wildman–Crippen MR) is 301 cm³/mol. The van der Waals surface area contributed by atoms with E-state index in [9.17, 15) is 0 Å². The zero-order chi connectivity index (χ0) is 48.7. The molecule has 2 heterocycles. The van der Waals surface area contributed by atoms with Crippen molar-refractivity contribution in [3.05, 3.63) is 220 Å². The first kappa shape index (κ1) is 41.6. The van der Waals surface area contributed by atoms with Crippen LogP contribution in [0, 0.1) is 13.8 Å². The van der Waals surface area contributed by atoms with E-state index in [1.54, 1.807) is 0 Å². The van der Waals surface area contributed by atoms with Crippen LogP contribution in [0.3, 0.4) is 0 Å². The molecule has 0 atom stereocenters. The van der Waals surface area contributed by atoms with Gasteiger partial charge in [-0.25, -0.2) is 0 Å². The highest BCUT2D eigenvalue weighted by Crippen LogP contribution is 2.60. The topological polar surface area (TPSA) is 29.5 Å². The summed E-state index contributed by atoms with van der Waals surface area (Å²) in [7, 11) is 0. The second kappa shape index (κ2) is 14.0. The molecule has 0 N–H and O–H groups in total. The molecule has 2 aromatic heterocycles. The molecule has 72 heavy (non-hydrogen) atoms. The minimum Gasteiger partial charge on any atom is -0.456 e. The van der Waals surface area contributed by atoms with Gasteiger partial charge < -0.3 is 13.7 Å². The number of hydrogen-bond donors (Lipinski definition) is 0. The fraction of sp³-hybridized carbons (Fsp3) is 0.159. The standard InChI is InChI=1S/C69H53NO2/c1-38-21-29-58(39(2)31-38)70(43-24-26-45-50-36-56-51(37-55(50)68(5,6)53(45)33-43)63-52(67(56,3)4)28-30-61-64(63)47-17-11-13-19-59(47)71-61)44-25-27-46-54(34-44)69(7,8)57-35-49(42-23-22-40-15-9-10-16-41(40)32-42)66-65(62(46)57)48-18-12-14-20-60(48)72-66/h9-37H,1-8H3. The summed E-state index contributed by atoms with van der Waals surface area (Å²) in [6.07, 6.45) is 0. The maximum absolute atomic E-state index is 6.90.